The summed E-state index contributed by atoms with van der Waals surface area (Å²) in [4.78, 5) is 0. The predicted octanol–water partition coefficient (Wildman–Crippen LogP) is 3.75. The zero-order valence-corrected chi connectivity index (χ0v) is 7.78. The Balaban J connectivity index is 2.96. The minimum Gasteiger partial charge on any atom is -0.198 e. The van der Waals surface area contributed by atoms with Gasteiger partial charge in [-0.25, -0.2) is 0 Å². The van der Waals surface area contributed by atoms with E-state index in [-0.39, 0.29) is 0 Å². The summed E-state index contributed by atoms with van der Waals surface area (Å²) in [5.41, 5.74) is 0.299. The van der Waals surface area contributed by atoms with Gasteiger partial charge in [0.25, 0.3) is 0 Å². The van der Waals surface area contributed by atoms with Crippen molar-refractivity contribution in [2.75, 3.05) is 0 Å². The fraction of sp³-hybridized carbons (Fsp3) is 0.0909. The lowest BCUT2D eigenvalue weighted by Crippen LogP contribution is -2.09. The van der Waals surface area contributed by atoms with Gasteiger partial charge in [-0.15, -0.1) is 0 Å². The van der Waals surface area contributed by atoms with Crippen LogP contribution < -0.4 is 0 Å². The normalized spacial score (nSPS) is 12.6. The van der Waals surface area contributed by atoms with Crippen LogP contribution >= 0.6 is 0 Å². The molecule has 0 amide bonds. The van der Waals surface area contributed by atoms with Gasteiger partial charge in [0, 0.05) is 5.56 Å². The third-order valence-electron chi connectivity index (χ3n) is 1.53. The van der Waals surface area contributed by atoms with Crippen molar-refractivity contribution in [3.63, 3.8) is 0 Å². The highest BCUT2D eigenvalue weighted by Crippen LogP contribution is 2.29. The van der Waals surface area contributed by atoms with Crippen molar-refractivity contribution in [3.05, 3.63) is 47.5 Å². The smallest absolute Gasteiger partial charge is 0.198 e. The Morgan fingerprint density at radius 2 is 1.56 bits per heavy atom. The summed E-state index contributed by atoms with van der Waals surface area (Å²) in [6.07, 6.45) is -5.34. The third-order valence-corrected chi connectivity index (χ3v) is 1.53. The quantitative estimate of drug-likeness (QED) is 0.472. The fourth-order valence-corrected chi connectivity index (χ4v) is 0.828. The molecule has 0 atom stereocenters. The van der Waals surface area contributed by atoms with Gasteiger partial charge in [-0.2, -0.15) is 22.0 Å². The van der Waals surface area contributed by atoms with Crippen molar-refractivity contribution in [3.8, 4) is 11.8 Å². The lowest BCUT2D eigenvalue weighted by atomic mass is 10.2. The molecule has 0 aliphatic carbocycles. The Hall–Kier alpha value is -1.83. The van der Waals surface area contributed by atoms with E-state index in [1.54, 1.807) is 18.2 Å². The molecule has 0 unspecified atom stereocenters. The molecule has 1 rings (SSSR count). The number of alkyl halides is 3. The van der Waals surface area contributed by atoms with E-state index in [1.807, 2.05) is 0 Å². The molecule has 0 bridgehead atoms. The van der Waals surface area contributed by atoms with Crippen LogP contribution in [-0.4, -0.2) is 6.18 Å². The summed E-state index contributed by atoms with van der Waals surface area (Å²) in [5, 5.41) is 0. The zero-order valence-electron chi connectivity index (χ0n) is 7.78. The molecule has 0 aliphatic heterocycles. The van der Waals surface area contributed by atoms with Crippen LogP contribution in [0.3, 0.4) is 0 Å². The van der Waals surface area contributed by atoms with Gasteiger partial charge in [-0.05, 0) is 18.1 Å². The lowest BCUT2D eigenvalue weighted by Gasteiger charge is -2.00. The molecular formula is C11H5F5. The molecule has 0 fully saturated rings. The van der Waals surface area contributed by atoms with Gasteiger partial charge in [-0.3, -0.25) is 0 Å². The van der Waals surface area contributed by atoms with E-state index >= 15 is 0 Å². The number of hydrogen-bond acceptors (Lipinski definition) is 0. The van der Waals surface area contributed by atoms with E-state index in [1.165, 1.54) is 18.1 Å². The molecule has 0 saturated heterocycles. The average Bonchev–Trinajstić information content (AvgIpc) is 2.25. The first-order valence-corrected chi connectivity index (χ1v) is 4.11. The number of allylic oxidation sites excluding steroid dienone is 2. The number of hydrogen-bond donors (Lipinski definition) is 0. The molecule has 0 saturated carbocycles. The average molecular weight is 232 g/mol. The molecular weight excluding hydrogens is 227 g/mol. The van der Waals surface area contributed by atoms with Gasteiger partial charge in [-0.1, -0.05) is 24.1 Å². The standard InChI is InChI=1S/C11H5F5/c12-9(10(13)11(14,15)16)7-6-8-4-2-1-3-5-8/h1-5H. The third kappa shape index (κ3) is 3.39. The second kappa shape index (κ2) is 4.79. The maximum absolute atomic E-state index is 12.6. The molecule has 0 aliphatic rings. The Morgan fingerprint density at radius 1 is 1.00 bits per heavy atom. The first-order valence-electron chi connectivity index (χ1n) is 4.11. The van der Waals surface area contributed by atoms with Gasteiger partial charge in [0.05, 0.1) is 0 Å². The van der Waals surface area contributed by atoms with Gasteiger partial charge < -0.3 is 0 Å². The zero-order chi connectivity index (χ0) is 12.2. The molecule has 0 N–H and O–H groups in total. The maximum Gasteiger partial charge on any atom is 0.446 e. The summed E-state index contributed by atoms with van der Waals surface area (Å²) >= 11 is 0. The van der Waals surface area contributed by atoms with Crippen molar-refractivity contribution in [1.29, 1.82) is 0 Å². The number of benzene rings is 1. The minimum atomic E-state index is -5.34. The van der Waals surface area contributed by atoms with Crippen LogP contribution in [0.4, 0.5) is 22.0 Å². The molecule has 5 heteroatoms. The highest BCUT2D eigenvalue weighted by molar-refractivity contribution is 5.39. The monoisotopic (exact) mass is 232 g/mol. The summed E-state index contributed by atoms with van der Waals surface area (Å²) in [7, 11) is 0. The molecule has 1 aromatic carbocycles. The summed E-state index contributed by atoms with van der Waals surface area (Å²) in [5.74, 6) is -1.38. The Kier molecular flexibility index (Phi) is 3.67. The van der Waals surface area contributed by atoms with E-state index in [0.29, 0.717) is 5.56 Å². The van der Waals surface area contributed by atoms with E-state index in [9.17, 15) is 22.0 Å². The topological polar surface area (TPSA) is 0 Å². The maximum atomic E-state index is 12.6. The molecule has 84 valence electrons. The largest absolute Gasteiger partial charge is 0.446 e. The highest BCUT2D eigenvalue weighted by Gasteiger charge is 2.37. The van der Waals surface area contributed by atoms with Gasteiger partial charge in [0.1, 0.15) is 0 Å². The van der Waals surface area contributed by atoms with Gasteiger partial charge in [0.2, 0.25) is 11.7 Å². The Bertz CT molecular complexity index is 445. The van der Waals surface area contributed by atoms with Gasteiger partial charge in [0.15, 0.2) is 0 Å². The summed E-state index contributed by atoms with van der Waals surface area (Å²) in [6.45, 7) is 0. The molecule has 0 heterocycles. The van der Waals surface area contributed by atoms with Crippen molar-refractivity contribution in [2.24, 2.45) is 0 Å². The predicted molar refractivity (Wildman–Crippen MR) is 48.6 cm³/mol. The molecule has 0 aromatic heterocycles. The molecule has 0 radical (unpaired) electrons. The Labute approximate surface area is 88.4 Å². The van der Waals surface area contributed by atoms with Crippen LogP contribution in [0.5, 0.6) is 0 Å². The lowest BCUT2D eigenvalue weighted by molar-refractivity contribution is -0.110. The van der Waals surface area contributed by atoms with Crippen LogP contribution in [0.25, 0.3) is 0 Å². The Morgan fingerprint density at radius 3 is 2.06 bits per heavy atom. The van der Waals surface area contributed by atoms with Crippen molar-refractivity contribution in [1.82, 2.24) is 0 Å². The fourth-order valence-electron chi connectivity index (χ4n) is 0.828. The van der Waals surface area contributed by atoms with E-state index in [2.05, 4.69) is 5.92 Å². The van der Waals surface area contributed by atoms with E-state index in [4.69, 9.17) is 0 Å². The minimum absolute atomic E-state index is 0.299. The summed E-state index contributed by atoms with van der Waals surface area (Å²) < 4.78 is 59.9. The van der Waals surface area contributed by atoms with Crippen LogP contribution in [0.1, 0.15) is 5.56 Å². The molecule has 1 aromatic rings. The van der Waals surface area contributed by atoms with E-state index in [0.717, 1.165) is 0 Å². The summed E-state index contributed by atoms with van der Waals surface area (Å²) in [6, 6.07) is 7.74. The second-order valence-electron chi connectivity index (χ2n) is 2.74. The van der Waals surface area contributed by atoms with Crippen LogP contribution in [0.15, 0.2) is 42.0 Å². The highest BCUT2D eigenvalue weighted by atomic mass is 19.4. The van der Waals surface area contributed by atoms with Crippen molar-refractivity contribution in [2.45, 2.75) is 6.18 Å². The van der Waals surface area contributed by atoms with E-state index < -0.39 is 17.8 Å². The van der Waals surface area contributed by atoms with Gasteiger partial charge >= 0.3 is 6.18 Å². The number of halogens is 5. The van der Waals surface area contributed by atoms with Crippen LogP contribution in [-0.2, 0) is 0 Å². The molecule has 16 heavy (non-hydrogen) atoms. The first-order chi connectivity index (χ1) is 7.41. The van der Waals surface area contributed by atoms with Crippen molar-refractivity contribution < 1.29 is 22.0 Å². The first kappa shape index (κ1) is 12.2. The van der Waals surface area contributed by atoms with Crippen LogP contribution in [0, 0.1) is 11.8 Å². The number of rotatable bonds is 0. The molecule has 0 nitrogen and oxygen atoms in total. The van der Waals surface area contributed by atoms with Crippen molar-refractivity contribution >= 4 is 0 Å². The SMILES string of the molecule is FC(C#Cc1ccccc1)=C(F)C(F)(F)F. The molecule has 0 spiro atoms. The van der Waals surface area contributed by atoms with Crippen LogP contribution in [0.2, 0.25) is 0 Å². The second-order valence-corrected chi connectivity index (χ2v) is 2.74.